The summed E-state index contributed by atoms with van der Waals surface area (Å²) in [5.74, 6) is -2.51. The van der Waals surface area contributed by atoms with Crippen molar-refractivity contribution >= 4 is 21.8 Å². The van der Waals surface area contributed by atoms with Crippen molar-refractivity contribution in [2.24, 2.45) is 0 Å². The molecule has 4 aromatic rings. The molecule has 1 fully saturated rings. The van der Waals surface area contributed by atoms with E-state index in [1.54, 1.807) is 24.5 Å². The van der Waals surface area contributed by atoms with E-state index in [0.29, 0.717) is 24.0 Å². The fourth-order valence-electron chi connectivity index (χ4n) is 4.36. The maximum atomic E-state index is 10.9. The molecule has 5 rings (SSSR count). The minimum Gasteiger partial charge on any atom is -0.452 e. The van der Waals surface area contributed by atoms with Gasteiger partial charge in [-0.1, -0.05) is 48.5 Å². The summed E-state index contributed by atoms with van der Waals surface area (Å²) in [6.45, 7) is -0.0903. The highest BCUT2D eigenvalue weighted by Crippen LogP contribution is 2.35. The monoisotopic (exact) mass is 466 g/mol. The molecule has 9 heteroatoms. The highest BCUT2D eigenvalue weighted by molar-refractivity contribution is 5.83. The number of nitrogens with zero attached hydrogens (tertiary/aromatic N) is 2. The Bertz CT molecular complexity index is 1310. The predicted molar refractivity (Wildman–Crippen MR) is 123 cm³/mol. The zero-order valence-electron chi connectivity index (χ0n) is 18.2. The molecule has 9 nitrogen and oxygen atoms in total. The number of hydrogen-bond acceptors (Lipinski definition) is 8. The van der Waals surface area contributed by atoms with Crippen LogP contribution in [-0.4, -0.2) is 72.1 Å². The number of fused-ring (bicyclic) bond motifs is 2. The quantitative estimate of drug-likeness (QED) is 0.265. The van der Waals surface area contributed by atoms with E-state index in [0.717, 1.165) is 10.9 Å². The molecule has 178 valence electrons. The summed E-state index contributed by atoms with van der Waals surface area (Å²) in [6, 6.07) is 19.4. The lowest BCUT2D eigenvalue weighted by Crippen LogP contribution is -2.69. The van der Waals surface area contributed by atoms with Crippen LogP contribution in [0.1, 0.15) is 5.56 Å². The van der Waals surface area contributed by atoms with Gasteiger partial charge in [0, 0.05) is 6.54 Å². The summed E-state index contributed by atoms with van der Waals surface area (Å²) in [4.78, 5) is 4.40. The largest absolute Gasteiger partial charge is 0.452 e. The zero-order valence-corrected chi connectivity index (χ0v) is 18.2. The molecular weight excluding hydrogens is 440 g/mol. The second kappa shape index (κ2) is 8.95. The molecule has 1 saturated heterocycles. The Morgan fingerprint density at radius 2 is 1.79 bits per heavy atom. The number of imidazole rings is 1. The number of aliphatic hydroxyl groups excluding tert-OH is 4. The molecule has 1 aliphatic heterocycles. The third kappa shape index (κ3) is 3.92. The maximum absolute atomic E-state index is 10.9. The Labute approximate surface area is 195 Å². The van der Waals surface area contributed by atoms with Gasteiger partial charge < -0.3 is 39.6 Å². The third-order valence-electron chi connectivity index (χ3n) is 6.30. The maximum Gasteiger partial charge on any atom is 0.288 e. The molecule has 0 spiro atoms. The van der Waals surface area contributed by atoms with Gasteiger partial charge in [0.2, 0.25) is 6.29 Å². The van der Waals surface area contributed by atoms with Crippen molar-refractivity contribution < 1.29 is 35.0 Å². The van der Waals surface area contributed by atoms with Gasteiger partial charge in [0.05, 0.1) is 18.5 Å². The van der Waals surface area contributed by atoms with Crippen LogP contribution < -0.4 is 4.74 Å². The van der Waals surface area contributed by atoms with Crippen molar-refractivity contribution in [3.8, 4) is 5.75 Å². The second-order valence-corrected chi connectivity index (χ2v) is 8.49. The first-order valence-corrected chi connectivity index (χ1v) is 11.0. The number of aromatic nitrogens is 2. The number of aliphatic hydroxyl groups is 5. The Hall–Kier alpha value is -3.05. The first kappa shape index (κ1) is 22.7. The molecule has 0 bridgehead atoms. The van der Waals surface area contributed by atoms with Crippen LogP contribution in [0.2, 0.25) is 0 Å². The van der Waals surface area contributed by atoms with Crippen molar-refractivity contribution in [2.75, 3.05) is 6.61 Å². The number of benzene rings is 3. The number of aryl methyl sites for hydroxylation is 2. The van der Waals surface area contributed by atoms with Gasteiger partial charge in [0.1, 0.15) is 23.5 Å². The van der Waals surface area contributed by atoms with Gasteiger partial charge in [-0.2, -0.15) is 0 Å². The predicted octanol–water partition coefficient (Wildman–Crippen LogP) is 0.931. The first-order valence-electron chi connectivity index (χ1n) is 11.0. The third-order valence-corrected chi connectivity index (χ3v) is 6.30. The van der Waals surface area contributed by atoms with Crippen molar-refractivity contribution in [3.05, 3.63) is 72.6 Å². The smallest absolute Gasteiger partial charge is 0.288 e. The molecule has 0 amide bonds. The minimum absolute atomic E-state index is 0.146. The van der Waals surface area contributed by atoms with Crippen LogP contribution in [-0.2, 0) is 17.7 Å². The van der Waals surface area contributed by atoms with Gasteiger partial charge in [-0.25, -0.2) is 4.98 Å². The van der Waals surface area contributed by atoms with Gasteiger partial charge in [0.25, 0.3) is 5.79 Å². The number of para-hydroxylation sites is 1. The van der Waals surface area contributed by atoms with E-state index in [1.807, 2.05) is 16.7 Å². The molecule has 0 unspecified atom stereocenters. The van der Waals surface area contributed by atoms with E-state index in [-0.39, 0.29) is 5.75 Å². The Kier molecular flexibility index (Phi) is 5.98. The van der Waals surface area contributed by atoms with E-state index in [2.05, 4.69) is 35.3 Å². The number of rotatable bonds is 6. The van der Waals surface area contributed by atoms with E-state index >= 15 is 0 Å². The van der Waals surface area contributed by atoms with Gasteiger partial charge in [-0.15, -0.1) is 0 Å². The summed E-state index contributed by atoms with van der Waals surface area (Å²) in [5, 5.41) is 53.5. The molecule has 0 radical (unpaired) electrons. The molecule has 3 aromatic carbocycles. The highest BCUT2D eigenvalue weighted by atomic mass is 16.7. The number of hydrogen-bond donors (Lipinski definition) is 5. The molecule has 0 saturated carbocycles. The van der Waals surface area contributed by atoms with Crippen molar-refractivity contribution in [3.63, 3.8) is 0 Å². The van der Waals surface area contributed by atoms with Crippen molar-refractivity contribution in [1.29, 1.82) is 0 Å². The Morgan fingerprint density at radius 3 is 2.59 bits per heavy atom. The minimum atomic E-state index is -2.66. The lowest BCUT2D eigenvalue weighted by Gasteiger charge is -2.45. The normalized spacial score (nSPS) is 27.3. The van der Waals surface area contributed by atoms with Gasteiger partial charge in [0.15, 0.2) is 6.10 Å². The van der Waals surface area contributed by atoms with Crippen LogP contribution >= 0.6 is 0 Å². The SMILES string of the molecule is OC[C@H]1O[C@@H](O)[C@@](O)(Oc2cccc3ncn(CCc4ccc5ccccc5c4)c23)[C@@H](O)[C@@H]1O. The van der Waals surface area contributed by atoms with Crippen LogP contribution in [0.4, 0.5) is 0 Å². The van der Waals surface area contributed by atoms with Crippen LogP contribution in [0.3, 0.4) is 0 Å². The molecule has 0 aliphatic carbocycles. The average Bonchev–Trinajstić information content (AvgIpc) is 3.28. The van der Waals surface area contributed by atoms with Crippen LogP contribution in [0, 0.1) is 0 Å². The van der Waals surface area contributed by atoms with E-state index in [9.17, 15) is 25.5 Å². The summed E-state index contributed by atoms with van der Waals surface area (Å²) in [7, 11) is 0. The standard InChI is InChI=1S/C25H26N2O7/c28-13-20-22(29)23(30)25(32,24(31)33-20)34-19-7-3-6-18-21(19)27(14-26-18)11-10-15-8-9-16-4-1-2-5-17(16)12-15/h1-9,12,14,20,22-24,28-32H,10-11,13H2/t20-,22-,23+,24-,25+/m1/s1. The van der Waals surface area contributed by atoms with Gasteiger partial charge in [-0.3, -0.25) is 0 Å². The molecule has 1 aromatic heterocycles. The van der Waals surface area contributed by atoms with E-state index in [1.165, 1.54) is 5.39 Å². The second-order valence-electron chi connectivity index (χ2n) is 8.49. The molecule has 5 N–H and O–H groups in total. The summed E-state index contributed by atoms with van der Waals surface area (Å²) in [6.07, 6.45) is -4.51. The molecule has 1 aliphatic rings. The van der Waals surface area contributed by atoms with Crippen LogP contribution in [0.25, 0.3) is 21.8 Å². The highest BCUT2D eigenvalue weighted by Gasteiger charge is 2.57. The van der Waals surface area contributed by atoms with Crippen molar-refractivity contribution in [1.82, 2.24) is 9.55 Å². The summed E-state index contributed by atoms with van der Waals surface area (Å²) < 4.78 is 12.6. The molecule has 5 atom stereocenters. The van der Waals surface area contributed by atoms with Gasteiger partial charge >= 0.3 is 0 Å². The zero-order chi connectivity index (χ0) is 23.9. The lowest BCUT2D eigenvalue weighted by molar-refractivity contribution is -0.385. The lowest BCUT2D eigenvalue weighted by atomic mass is 9.96. The molecule has 2 heterocycles. The van der Waals surface area contributed by atoms with Crippen LogP contribution in [0.5, 0.6) is 5.75 Å². The fourth-order valence-corrected chi connectivity index (χ4v) is 4.36. The van der Waals surface area contributed by atoms with Gasteiger partial charge in [-0.05, 0) is 34.9 Å². The Balaban J connectivity index is 1.42. The Morgan fingerprint density at radius 1 is 1.00 bits per heavy atom. The molecule has 34 heavy (non-hydrogen) atoms. The summed E-state index contributed by atoms with van der Waals surface area (Å²) in [5.41, 5.74) is 2.28. The van der Waals surface area contributed by atoms with E-state index in [4.69, 9.17) is 9.47 Å². The topological polar surface area (TPSA) is 137 Å². The van der Waals surface area contributed by atoms with Crippen LogP contribution in [0.15, 0.2) is 67.0 Å². The number of ether oxygens (including phenoxy) is 2. The van der Waals surface area contributed by atoms with E-state index < -0.39 is 37.0 Å². The van der Waals surface area contributed by atoms with Crippen molar-refractivity contribution in [2.45, 2.75) is 43.4 Å². The first-order chi connectivity index (χ1) is 16.4. The average molecular weight is 466 g/mol. The summed E-state index contributed by atoms with van der Waals surface area (Å²) >= 11 is 0. The fraction of sp³-hybridized carbons (Fsp3) is 0.320. The molecular formula is C25H26N2O7.